The summed E-state index contributed by atoms with van der Waals surface area (Å²) >= 11 is 0. The number of amides is 3. The largest absolute Gasteiger partial charge is 0.342 e. The fourth-order valence-corrected chi connectivity index (χ4v) is 5.49. The molecule has 2 aromatic rings. The van der Waals surface area contributed by atoms with E-state index in [1.165, 1.54) is 4.57 Å². The number of piperidine rings is 2. The number of benzene rings is 1. The summed E-state index contributed by atoms with van der Waals surface area (Å²) in [7, 11) is 1.72. The van der Waals surface area contributed by atoms with E-state index in [0.717, 1.165) is 63.2 Å². The number of carbonyl (C=O) groups is 3. The van der Waals surface area contributed by atoms with Crippen LogP contribution >= 0.6 is 0 Å². The number of carbonyl (C=O) groups excluding carboxylic acids is 3. The zero-order chi connectivity index (χ0) is 23.8. The molecular formula is C24H32N6O4. The van der Waals surface area contributed by atoms with E-state index in [2.05, 4.69) is 15.5 Å². The van der Waals surface area contributed by atoms with Gasteiger partial charge in [-0.1, -0.05) is 6.07 Å². The molecule has 4 heterocycles. The van der Waals surface area contributed by atoms with Gasteiger partial charge in [0.2, 0.25) is 17.7 Å². The van der Waals surface area contributed by atoms with Gasteiger partial charge in [0.25, 0.3) is 0 Å². The third-order valence-corrected chi connectivity index (χ3v) is 7.52. The van der Waals surface area contributed by atoms with Gasteiger partial charge in [-0.25, -0.2) is 4.79 Å². The maximum Gasteiger partial charge on any atom is 0.329 e. The molecule has 1 aromatic carbocycles. The molecule has 1 atom stereocenters. The van der Waals surface area contributed by atoms with Crippen molar-refractivity contribution in [3.05, 3.63) is 34.2 Å². The predicted molar refractivity (Wildman–Crippen MR) is 126 cm³/mol. The van der Waals surface area contributed by atoms with Crippen LogP contribution in [-0.2, 0) is 21.4 Å². The van der Waals surface area contributed by atoms with E-state index < -0.39 is 11.9 Å². The highest BCUT2D eigenvalue weighted by molar-refractivity contribution is 6.00. The smallest absolute Gasteiger partial charge is 0.329 e. The van der Waals surface area contributed by atoms with E-state index in [1.54, 1.807) is 11.6 Å². The number of likely N-dealkylation sites (tertiary alicyclic amines) is 1. The van der Waals surface area contributed by atoms with Crippen LogP contribution in [0.25, 0.3) is 11.0 Å². The maximum atomic E-state index is 13.0. The second kappa shape index (κ2) is 9.34. The van der Waals surface area contributed by atoms with Crippen LogP contribution in [0, 0.1) is 0 Å². The summed E-state index contributed by atoms with van der Waals surface area (Å²) in [6, 6.07) is 5.32. The van der Waals surface area contributed by atoms with Crippen LogP contribution in [0.3, 0.4) is 0 Å². The minimum Gasteiger partial charge on any atom is -0.342 e. The van der Waals surface area contributed by atoms with Crippen molar-refractivity contribution in [2.24, 2.45) is 7.05 Å². The quantitative estimate of drug-likeness (QED) is 0.608. The molecule has 3 aliphatic heterocycles. The predicted octanol–water partition coefficient (Wildman–Crippen LogP) is -0.0711. The summed E-state index contributed by atoms with van der Waals surface area (Å²) in [5.74, 6) is -0.191. The van der Waals surface area contributed by atoms with Gasteiger partial charge in [0.05, 0.1) is 17.6 Å². The first-order chi connectivity index (χ1) is 16.4. The molecule has 0 saturated carbocycles. The van der Waals surface area contributed by atoms with E-state index in [9.17, 15) is 19.2 Å². The Morgan fingerprint density at radius 3 is 2.44 bits per heavy atom. The van der Waals surface area contributed by atoms with Gasteiger partial charge in [0.15, 0.2) is 0 Å². The molecule has 2 N–H and O–H groups in total. The van der Waals surface area contributed by atoms with Crippen LogP contribution in [0.1, 0.15) is 43.2 Å². The standard InChI is InChI=1S/C24H32N6O4/c1-27-20-14-17(2-3-18(20)30(24(27)34)19-4-5-21(31)26-23(19)33)16-6-10-29(11-7-16)22(32)15-28-12-8-25-9-13-28/h2-3,14,16,19,25H,4-13,15H2,1H3,(H,26,31,33). The van der Waals surface area contributed by atoms with E-state index in [0.29, 0.717) is 24.4 Å². The van der Waals surface area contributed by atoms with Gasteiger partial charge < -0.3 is 10.2 Å². The van der Waals surface area contributed by atoms with Crippen molar-refractivity contribution in [3.63, 3.8) is 0 Å². The molecular weight excluding hydrogens is 436 g/mol. The Labute approximate surface area is 197 Å². The lowest BCUT2D eigenvalue weighted by atomic mass is 9.89. The van der Waals surface area contributed by atoms with Crippen LogP contribution in [0.15, 0.2) is 23.0 Å². The second-order valence-electron chi connectivity index (χ2n) is 9.61. The molecule has 3 saturated heterocycles. The molecule has 3 amide bonds. The van der Waals surface area contributed by atoms with Gasteiger partial charge in [-0.2, -0.15) is 0 Å². The second-order valence-corrected chi connectivity index (χ2v) is 9.61. The Kier molecular flexibility index (Phi) is 6.26. The molecule has 10 heteroatoms. The van der Waals surface area contributed by atoms with Gasteiger partial charge in [-0.05, 0) is 42.9 Å². The van der Waals surface area contributed by atoms with Crippen molar-refractivity contribution < 1.29 is 14.4 Å². The Morgan fingerprint density at radius 1 is 1.00 bits per heavy atom. The monoisotopic (exact) mass is 468 g/mol. The number of hydrogen-bond acceptors (Lipinski definition) is 6. The lowest BCUT2D eigenvalue weighted by molar-refractivity contribution is -0.136. The Hall–Kier alpha value is -2.98. The van der Waals surface area contributed by atoms with Crippen molar-refractivity contribution in [2.75, 3.05) is 45.8 Å². The molecule has 3 fully saturated rings. The SMILES string of the molecule is Cn1c(=O)n(C2CCC(=O)NC2=O)c2ccc(C3CCN(C(=O)CN4CCNCC4)CC3)cc21. The summed E-state index contributed by atoms with van der Waals surface area (Å²) in [6.07, 6.45) is 2.33. The molecule has 182 valence electrons. The fraction of sp³-hybridized carbons (Fsp3) is 0.583. The first-order valence-electron chi connectivity index (χ1n) is 12.2. The van der Waals surface area contributed by atoms with Gasteiger partial charge >= 0.3 is 5.69 Å². The molecule has 1 aromatic heterocycles. The van der Waals surface area contributed by atoms with Gasteiger partial charge in [0.1, 0.15) is 6.04 Å². The van der Waals surface area contributed by atoms with Crippen LogP contribution in [0.4, 0.5) is 0 Å². The third-order valence-electron chi connectivity index (χ3n) is 7.52. The minimum atomic E-state index is -0.676. The molecule has 1 unspecified atom stereocenters. The highest BCUT2D eigenvalue weighted by Crippen LogP contribution is 2.31. The van der Waals surface area contributed by atoms with Crippen LogP contribution in [-0.4, -0.2) is 82.5 Å². The minimum absolute atomic E-state index is 0.208. The van der Waals surface area contributed by atoms with Gasteiger partial charge in [-0.15, -0.1) is 0 Å². The summed E-state index contributed by atoms with van der Waals surface area (Å²) in [4.78, 5) is 53.9. The van der Waals surface area contributed by atoms with E-state index in [1.807, 2.05) is 23.1 Å². The van der Waals surface area contributed by atoms with E-state index >= 15 is 0 Å². The highest BCUT2D eigenvalue weighted by atomic mass is 16.2. The molecule has 10 nitrogen and oxygen atoms in total. The first kappa shape index (κ1) is 22.8. The van der Waals surface area contributed by atoms with Crippen LogP contribution in [0.2, 0.25) is 0 Å². The number of hydrogen-bond donors (Lipinski definition) is 2. The van der Waals surface area contributed by atoms with Crippen LogP contribution in [0.5, 0.6) is 0 Å². The van der Waals surface area contributed by atoms with E-state index in [-0.39, 0.29) is 23.9 Å². The molecule has 3 aliphatic rings. The summed E-state index contributed by atoms with van der Waals surface area (Å²) in [5.41, 5.74) is 2.38. The highest BCUT2D eigenvalue weighted by Gasteiger charge is 2.32. The van der Waals surface area contributed by atoms with Crippen molar-refractivity contribution in [2.45, 2.75) is 37.6 Å². The maximum absolute atomic E-state index is 13.0. The Balaban J connectivity index is 1.29. The van der Waals surface area contributed by atoms with Gasteiger partial charge in [-0.3, -0.25) is 33.7 Å². The van der Waals surface area contributed by atoms with Crippen molar-refractivity contribution in [3.8, 4) is 0 Å². The summed E-state index contributed by atoms with van der Waals surface area (Å²) < 4.78 is 3.09. The number of nitrogens with one attached hydrogen (secondary N) is 2. The van der Waals surface area contributed by atoms with E-state index in [4.69, 9.17) is 0 Å². The average molecular weight is 469 g/mol. The number of nitrogens with zero attached hydrogens (tertiary/aromatic N) is 4. The average Bonchev–Trinajstić information content (AvgIpc) is 3.09. The first-order valence-corrected chi connectivity index (χ1v) is 12.2. The molecule has 0 aliphatic carbocycles. The Morgan fingerprint density at radius 2 is 1.74 bits per heavy atom. The van der Waals surface area contributed by atoms with Crippen molar-refractivity contribution >= 4 is 28.8 Å². The number of fused-ring (bicyclic) bond motifs is 1. The Bertz CT molecular complexity index is 1170. The van der Waals surface area contributed by atoms with Gasteiger partial charge in [0, 0.05) is 52.7 Å². The zero-order valence-corrected chi connectivity index (χ0v) is 19.6. The number of piperazine rings is 1. The molecule has 0 spiro atoms. The number of imide groups is 1. The number of imidazole rings is 1. The molecule has 5 rings (SSSR count). The summed E-state index contributed by atoms with van der Waals surface area (Å²) in [6.45, 7) is 5.68. The lowest BCUT2D eigenvalue weighted by Gasteiger charge is -2.34. The van der Waals surface area contributed by atoms with Crippen molar-refractivity contribution in [1.82, 2.24) is 29.6 Å². The molecule has 0 radical (unpaired) electrons. The lowest BCUT2D eigenvalue weighted by Crippen LogP contribution is -2.49. The fourth-order valence-electron chi connectivity index (χ4n) is 5.49. The number of aryl methyl sites for hydroxylation is 1. The number of aromatic nitrogens is 2. The van der Waals surface area contributed by atoms with Crippen LogP contribution < -0.4 is 16.3 Å². The topological polar surface area (TPSA) is 109 Å². The summed E-state index contributed by atoms with van der Waals surface area (Å²) in [5, 5.41) is 5.66. The number of rotatable bonds is 4. The molecule has 0 bridgehead atoms. The van der Waals surface area contributed by atoms with Crippen molar-refractivity contribution in [1.29, 1.82) is 0 Å². The third kappa shape index (κ3) is 4.27. The molecule has 34 heavy (non-hydrogen) atoms. The normalized spacial score (nSPS) is 22.9. The zero-order valence-electron chi connectivity index (χ0n) is 19.6.